The molecule has 1 heterocycles. The van der Waals surface area contributed by atoms with Gasteiger partial charge in [-0.3, -0.25) is 0 Å². The van der Waals surface area contributed by atoms with Crippen LogP contribution in [0, 0.1) is 13.8 Å². The molecule has 1 atom stereocenters. The van der Waals surface area contributed by atoms with Crippen molar-refractivity contribution in [2.24, 2.45) is 0 Å². The van der Waals surface area contributed by atoms with Gasteiger partial charge in [-0.1, -0.05) is 62.2 Å². The van der Waals surface area contributed by atoms with E-state index in [1.165, 1.54) is 52.4 Å². The Bertz CT molecular complexity index is 941. The fourth-order valence-corrected chi connectivity index (χ4v) is 4.82. The van der Waals surface area contributed by atoms with Gasteiger partial charge in [-0.25, -0.2) is 0 Å². The molecule has 0 saturated heterocycles. The number of rotatable bonds is 4. The third-order valence-electron chi connectivity index (χ3n) is 6.18. The minimum absolute atomic E-state index is 0.546. The van der Waals surface area contributed by atoms with E-state index < -0.39 is 0 Å². The fourth-order valence-electron chi connectivity index (χ4n) is 4.82. The Morgan fingerprint density at radius 2 is 1.77 bits per heavy atom. The smallest absolute Gasteiger partial charge is 0.0524 e. The van der Waals surface area contributed by atoms with Crippen molar-refractivity contribution in [2.45, 2.75) is 72.3 Å². The Morgan fingerprint density at radius 3 is 2.42 bits per heavy atom. The molecular formula is C25H31N. The topological polar surface area (TPSA) is 4.93 Å². The van der Waals surface area contributed by atoms with Crippen molar-refractivity contribution in [1.29, 1.82) is 0 Å². The van der Waals surface area contributed by atoms with E-state index in [2.05, 4.69) is 75.6 Å². The van der Waals surface area contributed by atoms with E-state index in [-0.39, 0.29) is 0 Å². The Balaban J connectivity index is 1.98. The van der Waals surface area contributed by atoms with Crippen molar-refractivity contribution in [3.63, 3.8) is 0 Å². The normalized spacial score (nSPS) is 16.6. The molecule has 26 heavy (non-hydrogen) atoms. The maximum atomic E-state index is 2.67. The van der Waals surface area contributed by atoms with Crippen LogP contribution in [0.4, 0.5) is 0 Å². The van der Waals surface area contributed by atoms with Gasteiger partial charge in [0.15, 0.2) is 0 Å². The summed E-state index contributed by atoms with van der Waals surface area (Å²) >= 11 is 0. The summed E-state index contributed by atoms with van der Waals surface area (Å²) in [4.78, 5) is 0. The first-order valence-electron chi connectivity index (χ1n) is 10.2. The number of fused-ring (bicyclic) bond motifs is 3. The highest BCUT2D eigenvalue weighted by Gasteiger charge is 2.30. The zero-order chi connectivity index (χ0) is 18.4. The predicted molar refractivity (Wildman–Crippen MR) is 112 cm³/mol. The van der Waals surface area contributed by atoms with Crippen LogP contribution in [0.1, 0.15) is 79.0 Å². The van der Waals surface area contributed by atoms with Gasteiger partial charge in [0.25, 0.3) is 0 Å². The molecule has 0 bridgehead atoms. The predicted octanol–water partition coefficient (Wildman–Crippen LogP) is 6.87. The first kappa shape index (κ1) is 17.4. The summed E-state index contributed by atoms with van der Waals surface area (Å²) in [5.74, 6) is 1.26. The van der Waals surface area contributed by atoms with Crippen molar-refractivity contribution in [1.82, 2.24) is 4.57 Å². The molecule has 0 aliphatic heterocycles. The van der Waals surface area contributed by atoms with Crippen LogP contribution in [0.15, 0.2) is 36.4 Å². The monoisotopic (exact) mass is 345 g/mol. The molecule has 0 radical (unpaired) electrons. The Labute approximate surface area is 158 Å². The van der Waals surface area contributed by atoms with Crippen molar-refractivity contribution >= 4 is 10.9 Å². The lowest BCUT2D eigenvalue weighted by Crippen LogP contribution is -2.08. The molecule has 0 spiro atoms. The first-order chi connectivity index (χ1) is 12.5. The average Bonchev–Trinajstić information content (AvgIpc) is 3.16. The highest BCUT2D eigenvalue weighted by Crippen LogP contribution is 2.44. The number of nitrogens with zero attached hydrogens (tertiary/aromatic N) is 1. The lowest BCUT2D eigenvalue weighted by Gasteiger charge is -2.19. The molecule has 0 amide bonds. The summed E-state index contributed by atoms with van der Waals surface area (Å²) in [7, 11) is 0. The van der Waals surface area contributed by atoms with E-state index in [9.17, 15) is 0 Å². The lowest BCUT2D eigenvalue weighted by atomic mass is 9.96. The van der Waals surface area contributed by atoms with Gasteiger partial charge in [-0.2, -0.15) is 0 Å². The summed E-state index contributed by atoms with van der Waals surface area (Å²) in [6.45, 7) is 12.4. The highest BCUT2D eigenvalue weighted by atomic mass is 15.0. The molecule has 1 unspecified atom stereocenters. The van der Waals surface area contributed by atoms with Crippen LogP contribution < -0.4 is 0 Å². The summed E-state index contributed by atoms with van der Waals surface area (Å²) in [6, 6.07) is 13.9. The van der Waals surface area contributed by atoms with Crippen LogP contribution in [0.5, 0.6) is 0 Å². The van der Waals surface area contributed by atoms with Crippen LogP contribution in [0.3, 0.4) is 0 Å². The fraction of sp³-hybridized carbons (Fsp3) is 0.440. The number of benzene rings is 2. The van der Waals surface area contributed by atoms with Gasteiger partial charge in [-0.15, -0.1) is 0 Å². The molecular weight excluding hydrogens is 314 g/mol. The van der Waals surface area contributed by atoms with Crippen molar-refractivity contribution < 1.29 is 0 Å². The molecule has 1 aliphatic carbocycles. The van der Waals surface area contributed by atoms with Crippen LogP contribution in [-0.4, -0.2) is 4.57 Å². The van der Waals surface area contributed by atoms with Crippen LogP contribution in [-0.2, 0) is 13.0 Å². The second kappa shape index (κ2) is 6.61. The van der Waals surface area contributed by atoms with E-state index in [4.69, 9.17) is 0 Å². The minimum atomic E-state index is 0.546. The van der Waals surface area contributed by atoms with E-state index in [1.807, 2.05) is 0 Å². The second-order valence-electron chi connectivity index (χ2n) is 8.48. The molecule has 4 rings (SSSR count). The zero-order valence-corrected chi connectivity index (χ0v) is 16.9. The molecule has 1 heteroatoms. The van der Waals surface area contributed by atoms with Gasteiger partial charge in [0.1, 0.15) is 0 Å². The molecule has 136 valence electrons. The van der Waals surface area contributed by atoms with Gasteiger partial charge in [0.05, 0.1) is 5.52 Å². The highest BCUT2D eigenvalue weighted by molar-refractivity contribution is 5.90. The standard InChI is InChI=1S/C25H31N/c1-6-20-11-12-21-23-14-18(5)13-22(16(2)3)25(23)26(24(20)21)15-19-9-7-17(4)8-10-19/h7-10,13-14,16,20H,6,11-12,15H2,1-5H3. The minimum Gasteiger partial charge on any atom is -0.339 e. The molecule has 2 aromatic carbocycles. The van der Waals surface area contributed by atoms with Crippen LogP contribution >= 0.6 is 0 Å². The van der Waals surface area contributed by atoms with Gasteiger partial charge in [-0.05, 0) is 67.7 Å². The SMILES string of the molecule is CCC1CCc2c1n(Cc1ccc(C)cc1)c1c(C(C)C)cc(C)cc21. The number of hydrogen-bond donors (Lipinski definition) is 0. The molecule has 3 aromatic rings. The summed E-state index contributed by atoms with van der Waals surface area (Å²) in [5, 5.41) is 1.52. The van der Waals surface area contributed by atoms with E-state index in [1.54, 1.807) is 11.3 Å². The Morgan fingerprint density at radius 1 is 1.04 bits per heavy atom. The summed E-state index contributed by atoms with van der Waals surface area (Å²) in [6.07, 6.45) is 3.80. The first-order valence-corrected chi connectivity index (χ1v) is 10.2. The molecule has 1 nitrogen and oxygen atoms in total. The molecule has 0 N–H and O–H groups in total. The maximum Gasteiger partial charge on any atom is 0.0524 e. The zero-order valence-electron chi connectivity index (χ0n) is 16.9. The molecule has 0 saturated carbocycles. The number of aryl methyl sites for hydroxylation is 3. The second-order valence-corrected chi connectivity index (χ2v) is 8.48. The van der Waals surface area contributed by atoms with E-state index >= 15 is 0 Å². The van der Waals surface area contributed by atoms with Crippen molar-refractivity contribution in [3.8, 4) is 0 Å². The van der Waals surface area contributed by atoms with Gasteiger partial charge in [0, 0.05) is 17.6 Å². The molecule has 1 aromatic heterocycles. The number of hydrogen-bond acceptors (Lipinski definition) is 0. The van der Waals surface area contributed by atoms with Crippen molar-refractivity contribution in [2.75, 3.05) is 0 Å². The quantitative estimate of drug-likeness (QED) is 0.486. The third-order valence-corrected chi connectivity index (χ3v) is 6.18. The van der Waals surface area contributed by atoms with Crippen LogP contribution in [0.2, 0.25) is 0 Å². The number of aromatic nitrogens is 1. The van der Waals surface area contributed by atoms with Crippen LogP contribution in [0.25, 0.3) is 10.9 Å². The average molecular weight is 346 g/mol. The molecule has 0 fully saturated rings. The summed E-state index contributed by atoms with van der Waals surface area (Å²) < 4.78 is 2.67. The third kappa shape index (κ3) is 2.78. The van der Waals surface area contributed by atoms with Gasteiger partial charge in [0.2, 0.25) is 0 Å². The van der Waals surface area contributed by atoms with Gasteiger partial charge >= 0.3 is 0 Å². The Kier molecular flexibility index (Phi) is 4.42. The lowest BCUT2D eigenvalue weighted by molar-refractivity contribution is 0.607. The van der Waals surface area contributed by atoms with E-state index in [0.717, 1.165) is 6.54 Å². The molecule has 1 aliphatic rings. The Hall–Kier alpha value is -2.02. The van der Waals surface area contributed by atoms with E-state index in [0.29, 0.717) is 11.8 Å². The van der Waals surface area contributed by atoms with Crippen molar-refractivity contribution in [3.05, 3.63) is 69.9 Å². The summed E-state index contributed by atoms with van der Waals surface area (Å²) in [5.41, 5.74) is 10.4. The largest absolute Gasteiger partial charge is 0.339 e. The van der Waals surface area contributed by atoms with Gasteiger partial charge < -0.3 is 4.57 Å². The maximum absolute atomic E-state index is 2.67.